The summed E-state index contributed by atoms with van der Waals surface area (Å²) in [7, 11) is 0. The average Bonchev–Trinajstić information content (AvgIpc) is 3.41. The van der Waals surface area contributed by atoms with Gasteiger partial charge in [-0.1, -0.05) is 12.1 Å². The smallest absolute Gasteiger partial charge is 0.266 e. The molecule has 1 aromatic carbocycles. The van der Waals surface area contributed by atoms with Crippen LogP contribution in [0.5, 0.6) is 0 Å². The van der Waals surface area contributed by atoms with E-state index in [0.29, 0.717) is 5.65 Å². The largest absolute Gasteiger partial charge is 0.333 e. The Hall–Kier alpha value is -3.00. The Morgan fingerprint density at radius 2 is 2.10 bits per heavy atom. The number of para-hydroxylation sites is 1. The lowest BCUT2D eigenvalue weighted by Crippen LogP contribution is -2.32. The van der Waals surface area contributed by atoms with Gasteiger partial charge in [0.05, 0.1) is 22.7 Å². The molecular weight excluding hydrogens is 386 g/mol. The molecule has 0 bridgehead atoms. The van der Waals surface area contributed by atoms with Crippen LogP contribution in [0, 0.1) is 13.8 Å². The van der Waals surface area contributed by atoms with E-state index in [9.17, 15) is 9.59 Å². The molecule has 1 unspecified atom stereocenters. The fourth-order valence-corrected chi connectivity index (χ4v) is 5.33. The lowest BCUT2D eigenvalue weighted by Gasteiger charge is -2.24. The van der Waals surface area contributed by atoms with Crippen LogP contribution in [0.4, 0.5) is 0 Å². The van der Waals surface area contributed by atoms with Crippen molar-refractivity contribution < 1.29 is 4.79 Å². The van der Waals surface area contributed by atoms with E-state index < -0.39 is 0 Å². The molecule has 0 radical (unpaired) electrons. The van der Waals surface area contributed by atoms with Gasteiger partial charge < -0.3 is 4.90 Å². The number of benzene rings is 1. The lowest BCUT2D eigenvalue weighted by atomic mass is 10.1. The normalized spacial score (nSPS) is 16.9. The maximum absolute atomic E-state index is 13.3. The molecule has 0 spiro atoms. The molecular formula is C21H21N5O2S. The molecule has 1 saturated heterocycles. The lowest BCUT2D eigenvalue weighted by molar-refractivity contribution is -0.131. The number of nitrogens with zero attached hydrogens (tertiary/aromatic N) is 4. The van der Waals surface area contributed by atoms with Crippen LogP contribution in [0.15, 0.2) is 35.1 Å². The third kappa shape index (κ3) is 3.04. The van der Waals surface area contributed by atoms with Gasteiger partial charge in [-0.15, -0.1) is 11.3 Å². The summed E-state index contributed by atoms with van der Waals surface area (Å²) in [6, 6.07) is 9.59. The van der Waals surface area contributed by atoms with Crippen LogP contribution in [0.1, 0.15) is 40.8 Å². The van der Waals surface area contributed by atoms with E-state index in [1.54, 1.807) is 15.9 Å². The fraction of sp³-hybridized carbons (Fsp3) is 0.333. The number of likely N-dealkylation sites (tertiary alicyclic amines) is 1. The predicted molar refractivity (Wildman–Crippen MR) is 112 cm³/mol. The van der Waals surface area contributed by atoms with E-state index in [1.807, 2.05) is 36.9 Å². The maximum atomic E-state index is 13.3. The molecule has 4 aromatic rings. The Bertz CT molecular complexity index is 1270. The van der Waals surface area contributed by atoms with Crippen LogP contribution >= 0.6 is 11.3 Å². The number of nitrogens with one attached hydrogen (secondary N) is 1. The molecule has 0 saturated carbocycles. The second kappa shape index (κ2) is 6.81. The highest BCUT2D eigenvalue weighted by Gasteiger charge is 2.32. The number of aryl methyl sites for hydroxylation is 2. The monoisotopic (exact) mass is 407 g/mol. The Morgan fingerprint density at radius 1 is 1.28 bits per heavy atom. The quantitative estimate of drug-likeness (QED) is 0.565. The van der Waals surface area contributed by atoms with Gasteiger partial charge in [0.2, 0.25) is 5.91 Å². The number of aromatic nitrogens is 4. The number of thiazole rings is 1. The van der Waals surface area contributed by atoms with Crippen LogP contribution in [-0.4, -0.2) is 36.9 Å². The highest BCUT2D eigenvalue weighted by atomic mass is 32.1. The predicted octanol–water partition coefficient (Wildman–Crippen LogP) is 3.16. The number of aromatic amines is 1. The molecule has 0 aliphatic carbocycles. The Morgan fingerprint density at radius 3 is 2.93 bits per heavy atom. The van der Waals surface area contributed by atoms with Gasteiger partial charge in [-0.2, -0.15) is 0 Å². The molecule has 1 fully saturated rings. The summed E-state index contributed by atoms with van der Waals surface area (Å²) in [4.78, 5) is 36.2. The zero-order chi connectivity index (χ0) is 20.1. The van der Waals surface area contributed by atoms with Gasteiger partial charge in [-0.05, 0) is 38.8 Å². The number of amides is 1. The Balaban J connectivity index is 1.45. The summed E-state index contributed by atoms with van der Waals surface area (Å²) in [5.74, 6) is 0.0774. The second-order valence-electron chi connectivity index (χ2n) is 7.52. The van der Waals surface area contributed by atoms with Gasteiger partial charge in [0.25, 0.3) is 5.56 Å². The van der Waals surface area contributed by atoms with Crippen LogP contribution in [0.3, 0.4) is 0 Å². The van der Waals surface area contributed by atoms with Crippen molar-refractivity contribution in [3.8, 4) is 0 Å². The highest BCUT2D eigenvalue weighted by Crippen LogP contribution is 2.36. The summed E-state index contributed by atoms with van der Waals surface area (Å²) in [5.41, 5.74) is 3.87. The van der Waals surface area contributed by atoms with Crippen LogP contribution in [-0.2, 0) is 11.2 Å². The number of fused-ring (bicyclic) bond motifs is 2. The number of carbonyl (C=O) groups excluding carboxylic acids is 1. The highest BCUT2D eigenvalue weighted by molar-refractivity contribution is 7.18. The molecule has 1 aliphatic heterocycles. The Labute approximate surface area is 171 Å². The van der Waals surface area contributed by atoms with E-state index in [4.69, 9.17) is 4.98 Å². The van der Waals surface area contributed by atoms with Crippen molar-refractivity contribution >= 4 is 33.1 Å². The minimum Gasteiger partial charge on any atom is -0.333 e. The van der Waals surface area contributed by atoms with E-state index in [2.05, 4.69) is 16.1 Å². The molecule has 1 atom stereocenters. The van der Waals surface area contributed by atoms with Crippen molar-refractivity contribution in [2.75, 3.05) is 6.54 Å². The second-order valence-corrected chi connectivity index (χ2v) is 8.58. The molecule has 7 nitrogen and oxygen atoms in total. The van der Waals surface area contributed by atoms with Gasteiger partial charge >= 0.3 is 0 Å². The summed E-state index contributed by atoms with van der Waals surface area (Å²) >= 11 is 1.67. The van der Waals surface area contributed by atoms with Gasteiger partial charge in [0, 0.05) is 29.6 Å². The van der Waals surface area contributed by atoms with Gasteiger partial charge in [0.1, 0.15) is 5.01 Å². The van der Waals surface area contributed by atoms with E-state index in [0.717, 1.165) is 51.6 Å². The zero-order valence-corrected chi connectivity index (χ0v) is 17.1. The molecule has 5 rings (SSSR count). The standard InChI is InChI=1S/C21H21N5O2S/c1-12-14(13(2)26-18(22-12)11-19(27)24-26)10-20(28)25-9-5-7-16(25)21-23-15-6-3-4-8-17(15)29-21/h3-4,6,8,11,16H,5,7,9-10H2,1-2H3,(H,24,27). The molecule has 1 N–H and O–H groups in total. The van der Waals surface area contributed by atoms with Crippen molar-refractivity contribution in [1.29, 1.82) is 0 Å². The van der Waals surface area contributed by atoms with Gasteiger partial charge in [0.15, 0.2) is 5.65 Å². The number of hydrogen-bond acceptors (Lipinski definition) is 5. The molecule has 1 aliphatic rings. The summed E-state index contributed by atoms with van der Waals surface area (Å²) < 4.78 is 2.81. The van der Waals surface area contributed by atoms with Crippen molar-refractivity contribution in [3.63, 3.8) is 0 Å². The van der Waals surface area contributed by atoms with Crippen molar-refractivity contribution in [3.05, 3.63) is 62.6 Å². The van der Waals surface area contributed by atoms with Crippen molar-refractivity contribution in [2.45, 2.75) is 39.2 Å². The fourth-order valence-electron chi connectivity index (χ4n) is 4.22. The molecule has 1 amide bonds. The first-order valence-corrected chi connectivity index (χ1v) is 10.6. The summed E-state index contributed by atoms with van der Waals surface area (Å²) in [6.07, 6.45) is 2.18. The van der Waals surface area contributed by atoms with Crippen LogP contribution in [0.2, 0.25) is 0 Å². The van der Waals surface area contributed by atoms with Crippen LogP contribution in [0.25, 0.3) is 15.9 Å². The van der Waals surface area contributed by atoms with E-state index in [-0.39, 0.29) is 23.9 Å². The van der Waals surface area contributed by atoms with Crippen LogP contribution < -0.4 is 5.56 Å². The molecule has 29 heavy (non-hydrogen) atoms. The number of hydrogen-bond donors (Lipinski definition) is 1. The zero-order valence-electron chi connectivity index (χ0n) is 16.3. The first-order chi connectivity index (χ1) is 14.0. The van der Waals surface area contributed by atoms with Gasteiger partial charge in [-0.3, -0.25) is 14.7 Å². The molecule has 3 aromatic heterocycles. The maximum Gasteiger partial charge on any atom is 0.266 e. The van der Waals surface area contributed by atoms with Crippen molar-refractivity contribution in [1.82, 2.24) is 24.5 Å². The number of rotatable bonds is 3. The summed E-state index contributed by atoms with van der Waals surface area (Å²) in [5, 5.41) is 3.76. The topological polar surface area (TPSA) is 83.4 Å². The first-order valence-electron chi connectivity index (χ1n) is 9.74. The van der Waals surface area contributed by atoms with E-state index >= 15 is 0 Å². The molecule has 148 valence electrons. The van der Waals surface area contributed by atoms with Gasteiger partial charge in [-0.25, -0.2) is 14.5 Å². The SMILES string of the molecule is Cc1nc2cc(=O)[nH]n2c(C)c1CC(=O)N1CCCC1c1nc2ccccc2s1. The first kappa shape index (κ1) is 18.1. The molecule has 4 heterocycles. The van der Waals surface area contributed by atoms with E-state index in [1.165, 1.54) is 6.07 Å². The number of H-pyrrole nitrogens is 1. The number of carbonyl (C=O) groups is 1. The van der Waals surface area contributed by atoms with Crippen molar-refractivity contribution in [2.24, 2.45) is 0 Å². The molecule has 8 heteroatoms. The minimum atomic E-state index is -0.195. The summed E-state index contributed by atoms with van der Waals surface area (Å²) in [6.45, 7) is 4.55. The minimum absolute atomic E-state index is 0.0311. The Kier molecular flexibility index (Phi) is 4.24. The average molecular weight is 407 g/mol. The third-order valence-corrected chi connectivity index (χ3v) is 6.84. The third-order valence-electron chi connectivity index (χ3n) is 5.70.